The Labute approximate surface area is 227 Å². The Hall–Kier alpha value is -3.87. The highest BCUT2D eigenvalue weighted by molar-refractivity contribution is 5.91. The zero-order chi connectivity index (χ0) is 27.6. The molecule has 0 aliphatic carbocycles. The van der Waals surface area contributed by atoms with Crippen molar-refractivity contribution >= 4 is 23.1 Å². The number of fused-ring (bicyclic) bond motifs is 1. The Morgan fingerprint density at radius 1 is 1.15 bits per heavy atom. The van der Waals surface area contributed by atoms with Gasteiger partial charge in [0.25, 0.3) is 0 Å². The van der Waals surface area contributed by atoms with Crippen LogP contribution >= 0.6 is 0 Å². The van der Waals surface area contributed by atoms with Crippen LogP contribution in [-0.4, -0.2) is 97.9 Å². The molecule has 12 heteroatoms. The summed E-state index contributed by atoms with van der Waals surface area (Å²) in [5.41, 5.74) is 2.16. The van der Waals surface area contributed by atoms with Gasteiger partial charge in [0.05, 0.1) is 25.3 Å². The van der Waals surface area contributed by atoms with Crippen molar-refractivity contribution in [3.05, 3.63) is 60.1 Å². The number of carbonyl (C=O) groups excluding carboxylic acids is 2. The molecule has 2 aromatic heterocycles. The molecule has 1 aliphatic heterocycles. The van der Waals surface area contributed by atoms with Crippen LogP contribution in [0.25, 0.3) is 16.9 Å². The summed E-state index contributed by atoms with van der Waals surface area (Å²) in [6.07, 6.45) is 5.06. The maximum atomic E-state index is 14.5. The van der Waals surface area contributed by atoms with E-state index in [1.807, 2.05) is 31.3 Å². The van der Waals surface area contributed by atoms with E-state index < -0.39 is 0 Å². The zero-order valence-electron chi connectivity index (χ0n) is 22.3. The van der Waals surface area contributed by atoms with Crippen molar-refractivity contribution in [1.29, 1.82) is 0 Å². The molecule has 1 fully saturated rings. The third-order valence-electron chi connectivity index (χ3n) is 6.04. The number of likely N-dealkylation sites (N-methyl/N-ethyl adjacent to an activating group) is 1. The van der Waals surface area contributed by atoms with E-state index in [0.717, 1.165) is 16.9 Å². The van der Waals surface area contributed by atoms with Crippen LogP contribution in [-0.2, 0) is 20.9 Å². The molecule has 0 atom stereocenters. The molecule has 0 bridgehead atoms. The lowest BCUT2D eigenvalue weighted by Crippen LogP contribution is -2.39. The number of nitrogens with one attached hydrogen (secondary N) is 3. The van der Waals surface area contributed by atoms with Gasteiger partial charge in [-0.1, -0.05) is 18.2 Å². The highest BCUT2D eigenvalue weighted by atomic mass is 19.1. The van der Waals surface area contributed by atoms with Crippen LogP contribution in [0, 0.1) is 5.82 Å². The Morgan fingerprint density at radius 3 is 2.72 bits per heavy atom. The van der Waals surface area contributed by atoms with Crippen LogP contribution in [0.2, 0.25) is 0 Å². The van der Waals surface area contributed by atoms with Crippen LogP contribution in [0.5, 0.6) is 0 Å². The van der Waals surface area contributed by atoms with Crippen molar-refractivity contribution < 1.29 is 18.7 Å². The number of halogens is 1. The first kappa shape index (κ1) is 28.1. The number of aromatic nitrogens is 3. The summed E-state index contributed by atoms with van der Waals surface area (Å²) in [6, 6.07) is 8.50. The number of ether oxygens (including phenoxy) is 1. The lowest BCUT2D eigenvalue weighted by atomic mass is 10.2. The maximum Gasteiger partial charge on any atom is 0.244 e. The van der Waals surface area contributed by atoms with Crippen LogP contribution < -0.4 is 20.9 Å². The molecule has 1 aromatic carbocycles. The van der Waals surface area contributed by atoms with E-state index in [2.05, 4.69) is 25.9 Å². The fourth-order valence-electron chi connectivity index (χ4n) is 4.08. The number of hydrogen-bond acceptors (Lipinski definition) is 8. The van der Waals surface area contributed by atoms with Crippen LogP contribution in [0.4, 0.5) is 10.2 Å². The average Bonchev–Trinajstić information content (AvgIpc) is 3.34. The highest BCUT2D eigenvalue weighted by Crippen LogP contribution is 2.27. The molecule has 3 N–H and O–H groups in total. The first-order valence-corrected chi connectivity index (χ1v) is 12.9. The minimum atomic E-state index is -0.374. The number of amides is 2. The van der Waals surface area contributed by atoms with E-state index in [-0.39, 0.29) is 24.2 Å². The van der Waals surface area contributed by atoms with Crippen molar-refractivity contribution in [2.24, 2.45) is 0 Å². The number of anilines is 1. The quantitative estimate of drug-likeness (QED) is 0.229. The van der Waals surface area contributed by atoms with Gasteiger partial charge in [0.2, 0.25) is 11.8 Å². The first-order chi connectivity index (χ1) is 18.9. The van der Waals surface area contributed by atoms with Crippen LogP contribution in [0.15, 0.2) is 48.7 Å². The second-order valence-corrected chi connectivity index (χ2v) is 9.43. The van der Waals surface area contributed by atoms with Crippen LogP contribution in [0.3, 0.4) is 0 Å². The third-order valence-corrected chi connectivity index (χ3v) is 6.04. The number of rotatable bonds is 12. The molecular formula is C27H35FN8O3. The van der Waals surface area contributed by atoms with E-state index in [4.69, 9.17) is 9.72 Å². The summed E-state index contributed by atoms with van der Waals surface area (Å²) in [5.74, 6) is 0.126. The molecule has 3 heterocycles. The van der Waals surface area contributed by atoms with E-state index in [0.29, 0.717) is 63.9 Å². The SMILES string of the molecule is CN(C)C/C=C/C(=O)NCC(=O)NCCNCc1cc2c(N3CCOCC3)nc(-c3ccccc3F)nn2c1. The van der Waals surface area contributed by atoms with Crippen molar-refractivity contribution in [2.75, 3.05) is 71.5 Å². The third kappa shape index (κ3) is 8.06. The van der Waals surface area contributed by atoms with E-state index >= 15 is 0 Å². The van der Waals surface area contributed by atoms with Crippen molar-refractivity contribution in [3.63, 3.8) is 0 Å². The topological polar surface area (TPSA) is 116 Å². The normalized spacial score (nSPS) is 13.9. The molecule has 39 heavy (non-hydrogen) atoms. The Kier molecular flexibility index (Phi) is 9.95. The molecular weight excluding hydrogens is 503 g/mol. The minimum absolute atomic E-state index is 0.0800. The standard InChI is InChI=1S/C27H35FN8O3/c1-34(2)11-5-8-24(37)31-18-25(38)30-10-9-29-17-20-16-23-27(35-12-14-39-15-13-35)32-26(33-36(23)19-20)21-6-3-4-7-22(21)28/h3-8,16,19,29H,9-15,17-18H2,1-2H3,(H,30,38)(H,31,37)/b8-5+. The molecule has 11 nitrogen and oxygen atoms in total. The lowest BCUT2D eigenvalue weighted by molar-refractivity contribution is -0.123. The summed E-state index contributed by atoms with van der Waals surface area (Å²) in [5, 5.41) is 13.2. The number of morpholine rings is 1. The van der Waals surface area contributed by atoms with Crippen molar-refractivity contribution in [3.8, 4) is 11.4 Å². The van der Waals surface area contributed by atoms with E-state index in [1.54, 1.807) is 28.8 Å². The zero-order valence-corrected chi connectivity index (χ0v) is 22.3. The molecule has 0 radical (unpaired) electrons. The van der Waals surface area contributed by atoms with Crippen molar-refractivity contribution in [1.82, 2.24) is 35.4 Å². The average molecular weight is 539 g/mol. The molecule has 0 saturated carbocycles. The van der Waals surface area contributed by atoms with E-state index in [9.17, 15) is 14.0 Å². The summed E-state index contributed by atoms with van der Waals surface area (Å²) in [7, 11) is 3.81. The van der Waals surface area contributed by atoms with Gasteiger partial charge in [-0.2, -0.15) is 0 Å². The molecule has 3 aromatic rings. The van der Waals surface area contributed by atoms with Gasteiger partial charge in [-0.05, 0) is 37.9 Å². The Bertz CT molecular complexity index is 1300. The fraction of sp³-hybridized carbons (Fsp3) is 0.407. The fourth-order valence-corrected chi connectivity index (χ4v) is 4.08. The summed E-state index contributed by atoms with van der Waals surface area (Å²) < 4.78 is 21.8. The lowest BCUT2D eigenvalue weighted by Gasteiger charge is -2.28. The van der Waals surface area contributed by atoms with Gasteiger partial charge in [0.15, 0.2) is 11.6 Å². The van der Waals surface area contributed by atoms with E-state index in [1.165, 1.54) is 12.1 Å². The molecule has 0 unspecified atom stereocenters. The molecule has 0 spiro atoms. The molecule has 4 rings (SSSR count). The van der Waals surface area contributed by atoms with Crippen molar-refractivity contribution in [2.45, 2.75) is 6.54 Å². The largest absolute Gasteiger partial charge is 0.378 e. The predicted molar refractivity (Wildman–Crippen MR) is 147 cm³/mol. The Balaban J connectivity index is 1.33. The Morgan fingerprint density at radius 2 is 1.95 bits per heavy atom. The molecule has 2 amide bonds. The summed E-state index contributed by atoms with van der Waals surface area (Å²) >= 11 is 0. The number of hydrogen-bond donors (Lipinski definition) is 3. The van der Waals surface area contributed by atoms with Gasteiger partial charge >= 0.3 is 0 Å². The molecule has 208 valence electrons. The van der Waals surface area contributed by atoms with Gasteiger partial charge in [-0.15, -0.1) is 5.10 Å². The molecule has 1 saturated heterocycles. The van der Waals surface area contributed by atoms with Gasteiger partial charge in [0.1, 0.15) is 11.3 Å². The van der Waals surface area contributed by atoms with Gasteiger partial charge < -0.3 is 30.5 Å². The first-order valence-electron chi connectivity index (χ1n) is 12.9. The maximum absolute atomic E-state index is 14.5. The van der Waals surface area contributed by atoms with Crippen LogP contribution in [0.1, 0.15) is 5.56 Å². The summed E-state index contributed by atoms with van der Waals surface area (Å²) in [6.45, 7) is 4.64. The smallest absolute Gasteiger partial charge is 0.244 e. The number of carbonyl (C=O) groups is 2. The monoisotopic (exact) mass is 538 g/mol. The van der Waals surface area contributed by atoms with Gasteiger partial charge in [-0.3, -0.25) is 9.59 Å². The number of benzene rings is 1. The second kappa shape index (κ2) is 13.8. The van der Waals surface area contributed by atoms with Gasteiger partial charge in [-0.25, -0.2) is 13.9 Å². The highest BCUT2D eigenvalue weighted by Gasteiger charge is 2.20. The second-order valence-electron chi connectivity index (χ2n) is 9.43. The minimum Gasteiger partial charge on any atom is -0.378 e. The summed E-state index contributed by atoms with van der Waals surface area (Å²) in [4.78, 5) is 32.5. The predicted octanol–water partition coefficient (Wildman–Crippen LogP) is 0.812. The molecule has 1 aliphatic rings. The number of nitrogens with zero attached hydrogens (tertiary/aromatic N) is 5. The van der Waals surface area contributed by atoms with Gasteiger partial charge in [0, 0.05) is 51.5 Å².